The Balaban J connectivity index is 2.00. The first-order valence-corrected chi connectivity index (χ1v) is 8.57. The number of carbonyl (C=O) groups excluding carboxylic acids is 2. The summed E-state index contributed by atoms with van der Waals surface area (Å²) < 4.78 is 0. The zero-order valence-electron chi connectivity index (χ0n) is 15.0. The van der Waals surface area contributed by atoms with E-state index in [4.69, 9.17) is 5.11 Å². The number of carbonyl (C=O) groups is 3. The molecule has 0 aliphatic carbocycles. The largest absolute Gasteiger partial charge is 0.481 e. The van der Waals surface area contributed by atoms with Gasteiger partial charge in [-0.1, -0.05) is 31.5 Å². The van der Waals surface area contributed by atoms with Gasteiger partial charge in [0.15, 0.2) is 0 Å². The van der Waals surface area contributed by atoms with Gasteiger partial charge < -0.3 is 15.3 Å². The quantitative estimate of drug-likeness (QED) is 0.828. The lowest BCUT2D eigenvalue weighted by Gasteiger charge is -2.33. The zero-order chi connectivity index (χ0) is 18.6. The predicted octanol–water partition coefficient (Wildman–Crippen LogP) is 2.50. The number of piperidine rings is 1. The molecule has 1 heterocycles. The average molecular weight is 346 g/mol. The van der Waals surface area contributed by atoms with Gasteiger partial charge in [-0.2, -0.15) is 0 Å². The van der Waals surface area contributed by atoms with E-state index in [1.807, 2.05) is 31.2 Å². The molecule has 0 aromatic heterocycles. The molecule has 1 aromatic rings. The van der Waals surface area contributed by atoms with Gasteiger partial charge in [-0.15, -0.1) is 0 Å². The van der Waals surface area contributed by atoms with Crippen LogP contribution in [0.25, 0.3) is 0 Å². The van der Waals surface area contributed by atoms with Gasteiger partial charge in [-0.25, -0.2) is 0 Å². The highest BCUT2D eigenvalue weighted by Gasteiger charge is 2.32. The van der Waals surface area contributed by atoms with Crippen molar-refractivity contribution in [2.75, 3.05) is 11.4 Å². The summed E-state index contributed by atoms with van der Waals surface area (Å²) in [6.45, 7) is 6.10. The van der Waals surface area contributed by atoms with Gasteiger partial charge in [-0.3, -0.25) is 14.4 Å². The van der Waals surface area contributed by atoms with Crippen molar-refractivity contribution in [2.45, 2.75) is 52.5 Å². The monoisotopic (exact) mass is 346 g/mol. The summed E-state index contributed by atoms with van der Waals surface area (Å²) in [6.07, 6.45) is 1.40. The van der Waals surface area contributed by atoms with E-state index in [0.717, 1.165) is 17.7 Å². The lowest BCUT2D eigenvalue weighted by molar-refractivity contribution is -0.140. The van der Waals surface area contributed by atoms with Crippen molar-refractivity contribution in [3.05, 3.63) is 29.8 Å². The van der Waals surface area contributed by atoms with Crippen molar-refractivity contribution >= 4 is 23.5 Å². The van der Waals surface area contributed by atoms with E-state index in [1.165, 1.54) is 0 Å². The summed E-state index contributed by atoms with van der Waals surface area (Å²) in [4.78, 5) is 37.5. The lowest BCUT2D eigenvalue weighted by atomic mass is 9.85. The van der Waals surface area contributed by atoms with Crippen molar-refractivity contribution in [1.29, 1.82) is 0 Å². The predicted molar refractivity (Wildman–Crippen MR) is 95.3 cm³/mol. The summed E-state index contributed by atoms with van der Waals surface area (Å²) in [6, 6.07) is 7.18. The molecule has 2 amide bonds. The number of amides is 2. The lowest BCUT2D eigenvalue weighted by Crippen LogP contribution is -2.53. The van der Waals surface area contributed by atoms with E-state index in [0.29, 0.717) is 13.0 Å². The second-order valence-corrected chi connectivity index (χ2v) is 7.50. The van der Waals surface area contributed by atoms with Crippen LogP contribution in [0.3, 0.4) is 0 Å². The Morgan fingerprint density at radius 2 is 1.88 bits per heavy atom. The standard InChI is InChI=1S/C19H26N2O4/c1-13-6-8-14(9-7-13)21-10-4-5-15(18(21)25)20-16(22)11-19(2,3)12-17(23)24/h6-9,15H,4-5,10-12H2,1-3H3,(H,20,22)(H,23,24). The topological polar surface area (TPSA) is 86.7 Å². The van der Waals surface area contributed by atoms with Crippen LogP contribution in [0.4, 0.5) is 5.69 Å². The van der Waals surface area contributed by atoms with E-state index in [9.17, 15) is 14.4 Å². The van der Waals surface area contributed by atoms with Gasteiger partial charge in [0.2, 0.25) is 11.8 Å². The Morgan fingerprint density at radius 1 is 1.24 bits per heavy atom. The molecule has 1 unspecified atom stereocenters. The maximum absolute atomic E-state index is 12.7. The first kappa shape index (κ1) is 19.0. The first-order chi connectivity index (χ1) is 11.7. The minimum absolute atomic E-state index is 0.0770. The Hall–Kier alpha value is -2.37. The minimum Gasteiger partial charge on any atom is -0.481 e. The van der Waals surface area contributed by atoms with Crippen LogP contribution in [-0.4, -0.2) is 35.5 Å². The maximum atomic E-state index is 12.7. The highest BCUT2D eigenvalue weighted by Crippen LogP contribution is 2.26. The highest BCUT2D eigenvalue weighted by atomic mass is 16.4. The molecular weight excluding hydrogens is 320 g/mol. The molecule has 2 N–H and O–H groups in total. The van der Waals surface area contributed by atoms with Crippen molar-refractivity contribution in [3.8, 4) is 0 Å². The Morgan fingerprint density at radius 3 is 2.48 bits per heavy atom. The smallest absolute Gasteiger partial charge is 0.303 e. The SMILES string of the molecule is Cc1ccc(N2CCCC(NC(=O)CC(C)(C)CC(=O)O)C2=O)cc1. The molecule has 0 saturated carbocycles. The van der Waals surface area contributed by atoms with Gasteiger partial charge >= 0.3 is 5.97 Å². The molecule has 1 aliphatic heterocycles. The third-order valence-electron chi connectivity index (χ3n) is 4.39. The minimum atomic E-state index is -0.933. The van der Waals surface area contributed by atoms with Crippen LogP contribution in [0.2, 0.25) is 0 Å². The van der Waals surface area contributed by atoms with Gasteiger partial charge in [0.1, 0.15) is 6.04 Å². The third kappa shape index (κ3) is 5.31. The first-order valence-electron chi connectivity index (χ1n) is 8.57. The molecule has 0 bridgehead atoms. The number of aliphatic carboxylic acids is 1. The number of rotatable bonds is 6. The number of nitrogens with one attached hydrogen (secondary N) is 1. The summed E-state index contributed by atoms with van der Waals surface area (Å²) in [5, 5.41) is 11.7. The van der Waals surface area contributed by atoms with Gasteiger partial charge in [0.25, 0.3) is 0 Å². The number of carboxylic acid groups (broad SMARTS) is 1. The fourth-order valence-corrected chi connectivity index (χ4v) is 3.14. The summed E-state index contributed by atoms with van der Waals surface area (Å²) in [5.74, 6) is -1.33. The number of carboxylic acids is 1. The molecule has 25 heavy (non-hydrogen) atoms. The van der Waals surface area contributed by atoms with Crippen LogP contribution in [0, 0.1) is 12.3 Å². The maximum Gasteiger partial charge on any atom is 0.303 e. The fourth-order valence-electron chi connectivity index (χ4n) is 3.14. The molecule has 6 heteroatoms. The van der Waals surface area contributed by atoms with Crippen molar-refractivity contribution in [1.82, 2.24) is 5.32 Å². The van der Waals surface area contributed by atoms with Crippen molar-refractivity contribution in [3.63, 3.8) is 0 Å². The van der Waals surface area contributed by atoms with Crippen LogP contribution in [0.1, 0.15) is 45.1 Å². The van der Waals surface area contributed by atoms with E-state index in [1.54, 1.807) is 18.7 Å². The van der Waals surface area contributed by atoms with Gasteiger partial charge in [0.05, 0.1) is 6.42 Å². The van der Waals surface area contributed by atoms with E-state index in [-0.39, 0.29) is 24.7 Å². The molecule has 0 spiro atoms. The highest BCUT2D eigenvalue weighted by molar-refractivity contribution is 6.00. The molecule has 1 atom stereocenters. The van der Waals surface area contributed by atoms with Crippen LogP contribution >= 0.6 is 0 Å². The molecule has 1 fully saturated rings. The third-order valence-corrected chi connectivity index (χ3v) is 4.39. The summed E-state index contributed by atoms with van der Waals surface area (Å²) in [7, 11) is 0. The van der Waals surface area contributed by atoms with E-state index in [2.05, 4.69) is 5.32 Å². The van der Waals surface area contributed by atoms with Gasteiger partial charge in [-0.05, 0) is 37.3 Å². The number of benzene rings is 1. The molecule has 6 nitrogen and oxygen atoms in total. The number of hydrogen-bond donors (Lipinski definition) is 2. The molecule has 1 saturated heterocycles. The second-order valence-electron chi connectivity index (χ2n) is 7.50. The van der Waals surface area contributed by atoms with Gasteiger partial charge in [0, 0.05) is 18.7 Å². The van der Waals surface area contributed by atoms with E-state index >= 15 is 0 Å². The zero-order valence-corrected chi connectivity index (χ0v) is 15.0. The molecular formula is C19H26N2O4. The Kier molecular flexibility index (Phi) is 5.82. The molecule has 0 radical (unpaired) electrons. The van der Waals surface area contributed by atoms with Crippen molar-refractivity contribution in [2.24, 2.45) is 5.41 Å². The summed E-state index contributed by atoms with van der Waals surface area (Å²) in [5.41, 5.74) is 1.31. The summed E-state index contributed by atoms with van der Waals surface area (Å²) >= 11 is 0. The van der Waals surface area contributed by atoms with Crippen LogP contribution in [0.5, 0.6) is 0 Å². The average Bonchev–Trinajstić information content (AvgIpc) is 2.48. The normalized spacial score (nSPS) is 18.1. The Bertz CT molecular complexity index is 652. The number of anilines is 1. The number of nitrogens with zero attached hydrogens (tertiary/aromatic N) is 1. The number of hydrogen-bond acceptors (Lipinski definition) is 3. The molecule has 1 aliphatic rings. The van der Waals surface area contributed by atoms with Crippen LogP contribution in [0.15, 0.2) is 24.3 Å². The fraction of sp³-hybridized carbons (Fsp3) is 0.526. The molecule has 1 aromatic carbocycles. The molecule has 136 valence electrons. The molecule has 2 rings (SSSR count). The second kappa shape index (κ2) is 7.68. The van der Waals surface area contributed by atoms with E-state index < -0.39 is 17.4 Å². The van der Waals surface area contributed by atoms with Crippen LogP contribution in [-0.2, 0) is 14.4 Å². The van der Waals surface area contributed by atoms with Crippen LogP contribution < -0.4 is 10.2 Å². The Labute approximate surface area is 148 Å². The van der Waals surface area contributed by atoms with Crippen molar-refractivity contribution < 1.29 is 19.5 Å². The number of aryl methyl sites for hydroxylation is 1.